The Kier molecular flexibility index (Phi) is 4.39. The lowest BCUT2D eigenvalue weighted by Gasteiger charge is -2.03. The van der Waals surface area contributed by atoms with Gasteiger partial charge in [-0.15, -0.1) is 0 Å². The Balaban J connectivity index is 2.15. The maximum Gasteiger partial charge on any atom is 0.298 e. The van der Waals surface area contributed by atoms with Crippen molar-refractivity contribution in [3.63, 3.8) is 0 Å². The zero-order valence-electron chi connectivity index (χ0n) is 10.1. The van der Waals surface area contributed by atoms with Gasteiger partial charge in [0.15, 0.2) is 5.75 Å². The van der Waals surface area contributed by atoms with E-state index in [0.29, 0.717) is 18.9 Å². The number of aromatic nitrogens is 2. The van der Waals surface area contributed by atoms with Gasteiger partial charge in [-0.2, -0.15) is 14.6 Å². The van der Waals surface area contributed by atoms with Gasteiger partial charge in [0.1, 0.15) is 23.3 Å². The van der Waals surface area contributed by atoms with E-state index in [4.69, 9.17) is 14.7 Å². The highest BCUT2D eigenvalue weighted by Gasteiger charge is 2.12. The van der Waals surface area contributed by atoms with Crippen molar-refractivity contribution in [3.8, 4) is 17.0 Å². The zero-order valence-corrected chi connectivity index (χ0v) is 10.9. The summed E-state index contributed by atoms with van der Waals surface area (Å²) in [5.74, 6) is 0.109. The predicted molar refractivity (Wildman–Crippen MR) is 66.7 cm³/mol. The van der Waals surface area contributed by atoms with Gasteiger partial charge in [0, 0.05) is 25.1 Å². The van der Waals surface area contributed by atoms with Crippen LogP contribution in [0.5, 0.6) is 10.9 Å². The molecule has 0 aliphatic carbocycles. The minimum atomic E-state index is -0.621. The quantitative estimate of drug-likeness (QED) is 0.841. The van der Waals surface area contributed by atoms with E-state index in [9.17, 15) is 4.39 Å². The molecule has 1 aromatic heterocycles. The first kappa shape index (κ1) is 13.4. The fourth-order valence-corrected chi connectivity index (χ4v) is 1.96. The molecule has 0 saturated carbocycles. The van der Waals surface area contributed by atoms with Gasteiger partial charge in [0.05, 0.1) is 6.61 Å². The molecule has 1 heterocycles. The molecule has 0 fully saturated rings. The van der Waals surface area contributed by atoms with Crippen LogP contribution in [0.15, 0.2) is 18.2 Å². The van der Waals surface area contributed by atoms with Crippen LogP contribution in [-0.2, 0) is 11.2 Å². The smallest absolute Gasteiger partial charge is 0.298 e. The lowest BCUT2D eigenvalue weighted by atomic mass is 10.2. The number of rotatable bonds is 5. The maximum atomic E-state index is 13.4. The second-order valence-corrected chi connectivity index (χ2v) is 4.26. The molecular weight excluding hydrogens is 269 g/mol. The molecule has 5 nitrogen and oxygen atoms in total. The first-order valence-corrected chi connectivity index (χ1v) is 6.20. The third-order valence-electron chi connectivity index (χ3n) is 2.26. The fourth-order valence-electron chi connectivity index (χ4n) is 1.37. The molecule has 0 unspecified atom stereocenters. The van der Waals surface area contributed by atoms with Crippen molar-refractivity contribution in [1.82, 2.24) is 9.36 Å². The molecule has 0 saturated heterocycles. The van der Waals surface area contributed by atoms with E-state index >= 15 is 0 Å². The van der Waals surface area contributed by atoms with E-state index in [1.807, 2.05) is 0 Å². The molecule has 2 rings (SSSR count). The number of halogens is 1. The van der Waals surface area contributed by atoms with E-state index in [1.54, 1.807) is 13.2 Å². The summed E-state index contributed by atoms with van der Waals surface area (Å²) in [6, 6.07) is 5.95. The highest BCUT2D eigenvalue weighted by molar-refractivity contribution is 7.07. The van der Waals surface area contributed by atoms with Crippen molar-refractivity contribution >= 4 is 11.5 Å². The molecule has 98 valence electrons. The summed E-state index contributed by atoms with van der Waals surface area (Å²) in [5.41, 5.74) is -0.142. The Morgan fingerprint density at radius 1 is 1.47 bits per heavy atom. The highest BCUT2D eigenvalue weighted by atomic mass is 32.1. The second kappa shape index (κ2) is 6.22. The standard InChI is InChI=1S/C12H10FN3O2S/c1-17-6-5-11-15-12(19-16-11)18-10-4-2-3-9(13)8(10)7-14/h2-4H,5-6H2,1H3. The summed E-state index contributed by atoms with van der Waals surface area (Å²) in [4.78, 5) is 4.12. The van der Waals surface area contributed by atoms with Crippen molar-refractivity contribution in [2.24, 2.45) is 0 Å². The second-order valence-electron chi connectivity index (χ2n) is 3.55. The van der Waals surface area contributed by atoms with Gasteiger partial charge in [0.25, 0.3) is 5.19 Å². The molecule has 2 aromatic rings. The average molecular weight is 279 g/mol. The van der Waals surface area contributed by atoms with Crippen LogP contribution < -0.4 is 4.74 Å². The van der Waals surface area contributed by atoms with Crippen molar-refractivity contribution < 1.29 is 13.9 Å². The normalized spacial score (nSPS) is 10.2. The largest absolute Gasteiger partial charge is 0.428 e. The summed E-state index contributed by atoms with van der Waals surface area (Å²) in [6.07, 6.45) is 0.574. The lowest BCUT2D eigenvalue weighted by molar-refractivity contribution is 0.200. The van der Waals surface area contributed by atoms with Crippen molar-refractivity contribution in [2.75, 3.05) is 13.7 Å². The van der Waals surface area contributed by atoms with Gasteiger partial charge in [0.2, 0.25) is 0 Å². The van der Waals surface area contributed by atoms with E-state index in [-0.39, 0.29) is 16.5 Å². The third-order valence-corrected chi connectivity index (χ3v) is 2.90. The number of benzene rings is 1. The van der Waals surface area contributed by atoms with Crippen LogP contribution in [0, 0.1) is 17.1 Å². The molecule has 0 N–H and O–H groups in total. The van der Waals surface area contributed by atoms with Crippen LogP contribution >= 0.6 is 11.5 Å². The van der Waals surface area contributed by atoms with E-state index in [2.05, 4.69) is 9.36 Å². The zero-order chi connectivity index (χ0) is 13.7. The predicted octanol–water partition coefficient (Wildman–Crippen LogP) is 2.53. The number of hydrogen-bond donors (Lipinski definition) is 0. The molecule has 1 aromatic carbocycles. The molecule has 0 amide bonds. The molecule has 0 radical (unpaired) electrons. The van der Waals surface area contributed by atoms with Gasteiger partial charge in [-0.1, -0.05) is 6.07 Å². The maximum absolute atomic E-state index is 13.4. The molecule has 0 aliphatic heterocycles. The first-order chi connectivity index (χ1) is 9.24. The summed E-state index contributed by atoms with van der Waals surface area (Å²) in [7, 11) is 1.59. The Morgan fingerprint density at radius 2 is 2.32 bits per heavy atom. The Labute approximate surface area is 113 Å². The first-order valence-electron chi connectivity index (χ1n) is 5.42. The van der Waals surface area contributed by atoms with Crippen LogP contribution in [0.4, 0.5) is 4.39 Å². The number of hydrogen-bond acceptors (Lipinski definition) is 6. The Bertz CT molecular complexity index is 609. The van der Waals surface area contributed by atoms with Crippen molar-refractivity contribution in [1.29, 1.82) is 5.26 Å². The summed E-state index contributed by atoms with van der Waals surface area (Å²) >= 11 is 1.05. The number of ether oxygens (including phenoxy) is 2. The van der Waals surface area contributed by atoms with Crippen LogP contribution in [-0.4, -0.2) is 23.1 Å². The van der Waals surface area contributed by atoms with Gasteiger partial charge in [-0.3, -0.25) is 0 Å². The highest BCUT2D eigenvalue weighted by Crippen LogP contribution is 2.27. The van der Waals surface area contributed by atoms with Crippen LogP contribution in [0.25, 0.3) is 0 Å². The average Bonchev–Trinajstić information content (AvgIpc) is 2.84. The van der Waals surface area contributed by atoms with Gasteiger partial charge >= 0.3 is 0 Å². The summed E-state index contributed by atoms with van der Waals surface area (Å²) in [5, 5.41) is 9.15. The number of nitriles is 1. The lowest BCUT2D eigenvalue weighted by Crippen LogP contribution is -1.96. The Morgan fingerprint density at radius 3 is 3.05 bits per heavy atom. The van der Waals surface area contributed by atoms with E-state index in [0.717, 1.165) is 11.5 Å². The minimum absolute atomic E-state index is 0.136. The van der Waals surface area contributed by atoms with Gasteiger partial charge in [-0.05, 0) is 12.1 Å². The molecule has 0 atom stereocenters. The monoisotopic (exact) mass is 279 g/mol. The molecule has 0 spiro atoms. The van der Waals surface area contributed by atoms with E-state index < -0.39 is 5.82 Å². The summed E-state index contributed by atoms with van der Waals surface area (Å²) in [6.45, 7) is 0.513. The Hall–Kier alpha value is -2.04. The van der Waals surface area contributed by atoms with Crippen molar-refractivity contribution in [3.05, 3.63) is 35.4 Å². The van der Waals surface area contributed by atoms with Crippen molar-refractivity contribution in [2.45, 2.75) is 6.42 Å². The molecule has 0 aliphatic rings. The number of nitrogens with zero attached hydrogens (tertiary/aromatic N) is 3. The van der Waals surface area contributed by atoms with Crippen LogP contribution in [0.2, 0.25) is 0 Å². The van der Waals surface area contributed by atoms with Gasteiger partial charge < -0.3 is 9.47 Å². The minimum Gasteiger partial charge on any atom is -0.428 e. The fraction of sp³-hybridized carbons (Fsp3) is 0.250. The third kappa shape index (κ3) is 3.24. The number of methoxy groups -OCH3 is 1. The molecule has 0 bridgehead atoms. The molecule has 7 heteroatoms. The van der Waals surface area contributed by atoms with Crippen LogP contribution in [0.3, 0.4) is 0 Å². The van der Waals surface area contributed by atoms with Crippen LogP contribution in [0.1, 0.15) is 11.4 Å². The van der Waals surface area contributed by atoms with E-state index in [1.165, 1.54) is 18.2 Å². The molecule has 19 heavy (non-hydrogen) atoms. The molecular formula is C12H10FN3O2S. The topological polar surface area (TPSA) is 68.0 Å². The van der Waals surface area contributed by atoms with Gasteiger partial charge in [-0.25, -0.2) is 4.39 Å². The SMILES string of the molecule is COCCc1nsc(Oc2cccc(F)c2C#N)n1. The summed E-state index contributed by atoms with van der Waals surface area (Å²) < 4.78 is 27.8.